The molecule has 2 heterocycles. The third-order valence-electron chi connectivity index (χ3n) is 5.75. The van der Waals surface area contributed by atoms with Crippen LogP contribution in [0, 0.1) is 5.92 Å². The van der Waals surface area contributed by atoms with Gasteiger partial charge in [0.05, 0.1) is 24.3 Å². The maximum absolute atomic E-state index is 12.6. The van der Waals surface area contributed by atoms with Crippen molar-refractivity contribution in [2.24, 2.45) is 5.92 Å². The molecule has 7 nitrogen and oxygen atoms in total. The monoisotopic (exact) mass is 467 g/mol. The molecule has 1 atom stereocenters. The lowest BCUT2D eigenvalue weighted by Gasteiger charge is -2.18. The lowest BCUT2D eigenvalue weighted by Crippen LogP contribution is -2.40. The van der Waals surface area contributed by atoms with Gasteiger partial charge >= 0.3 is 0 Å². The molecular weight excluding hydrogens is 438 g/mol. The van der Waals surface area contributed by atoms with Crippen molar-refractivity contribution in [3.63, 3.8) is 0 Å². The zero-order chi connectivity index (χ0) is 23.1. The minimum atomic E-state index is -3.59. The topological polar surface area (TPSA) is 80.8 Å². The highest BCUT2D eigenvalue weighted by atomic mass is 32.2. The maximum Gasteiger partial charge on any atom is 0.253 e. The van der Waals surface area contributed by atoms with Crippen LogP contribution in [0.3, 0.4) is 0 Å². The van der Waals surface area contributed by atoms with Gasteiger partial charge in [0.2, 0.25) is 0 Å². The van der Waals surface area contributed by atoms with Crippen molar-refractivity contribution < 1.29 is 17.9 Å². The molecule has 1 fully saturated rings. The molecule has 0 aliphatic carbocycles. The predicted molar refractivity (Wildman–Crippen MR) is 127 cm³/mol. The molecule has 0 unspecified atom stereocenters. The average Bonchev–Trinajstić information content (AvgIpc) is 3.29. The van der Waals surface area contributed by atoms with Gasteiger partial charge in [-0.2, -0.15) is 0 Å². The van der Waals surface area contributed by atoms with Crippen LogP contribution >= 0.6 is 0 Å². The van der Waals surface area contributed by atoms with Crippen molar-refractivity contribution in [3.8, 4) is 22.8 Å². The molecule has 33 heavy (non-hydrogen) atoms. The maximum atomic E-state index is 12.6. The Balaban J connectivity index is 1.18. The lowest BCUT2D eigenvalue weighted by atomic mass is 10.0. The quantitative estimate of drug-likeness (QED) is 0.452. The molecule has 174 valence electrons. The van der Waals surface area contributed by atoms with Crippen LogP contribution in [0.25, 0.3) is 11.3 Å². The fourth-order valence-electron chi connectivity index (χ4n) is 3.95. The first kappa shape index (κ1) is 23.2. The van der Waals surface area contributed by atoms with Crippen LogP contribution in [-0.2, 0) is 10.0 Å². The molecule has 4 rings (SSSR count). The predicted octanol–water partition coefficient (Wildman–Crippen LogP) is 4.13. The molecule has 3 aromatic rings. The SMILES string of the molecule is COc1ccc(S(=O)(=O)NN2CC[C@@H](CCCOc3ccc(-c4ccccn4)cc3)C2)cc1. The van der Waals surface area contributed by atoms with E-state index < -0.39 is 10.0 Å². The van der Waals surface area contributed by atoms with Crippen molar-refractivity contribution in [1.82, 2.24) is 14.8 Å². The van der Waals surface area contributed by atoms with E-state index in [9.17, 15) is 8.42 Å². The smallest absolute Gasteiger partial charge is 0.253 e. The Morgan fingerprint density at radius 1 is 1.03 bits per heavy atom. The van der Waals surface area contributed by atoms with Crippen molar-refractivity contribution >= 4 is 10.0 Å². The zero-order valence-electron chi connectivity index (χ0n) is 18.7. The van der Waals surface area contributed by atoms with Crippen LogP contribution < -0.4 is 14.3 Å². The summed E-state index contributed by atoms with van der Waals surface area (Å²) in [6, 6.07) is 20.2. The average molecular weight is 468 g/mol. The number of hydrogen-bond acceptors (Lipinski definition) is 6. The van der Waals surface area contributed by atoms with Crippen molar-refractivity contribution in [3.05, 3.63) is 72.9 Å². The van der Waals surface area contributed by atoms with Crippen molar-refractivity contribution in [2.75, 3.05) is 26.8 Å². The van der Waals surface area contributed by atoms with Gasteiger partial charge in [0.15, 0.2) is 0 Å². The molecule has 0 saturated carbocycles. The van der Waals surface area contributed by atoms with E-state index in [1.54, 1.807) is 42.6 Å². The van der Waals surface area contributed by atoms with Crippen LogP contribution in [0.5, 0.6) is 11.5 Å². The third-order valence-corrected chi connectivity index (χ3v) is 7.14. The number of ether oxygens (including phenoxy) is 2. The molecule has 0 amide bonds. The summed E-state index contributed by atoms with van der Waals surface area (Å²) in [5, 5.41) is 1.79. The molecule has 8 heteroatoms. The number of benzene rings is 2. The molecular formula is C25H29N3O4S. The second-order valence-corrected chi connectivity index (χ2v) is 9.76. The number of rotatable bonds is 10. The number of hydrogen-bond donors (Lipinski definition) is 1. The van der Waals surface area contributed by atoms with Gasteiger partial charge < -0.3 is 9.47 Å². The van der Waals surface area contributed by atoms with Gasteiger partial charge in [-0.25, -0.2) is 13.4 Å². The van der Waals surface area contributed by atoms with Crippen LogP contribution in [0.1, 0.15) is 19.3 Å². The number of nitrogens with zero attached hydrogens (tertiary/aromatic N) is 2. The van der Waals surface area contributed by atoms with Gasteiger partial charge in [-0.1, -0.05) is 6.07 Å². The van der Waals surface area contributed by atoms with E-state index in [1.807, 2.05) is 42.5 Å². The molecule has 0 bridgehead atoms. The molecule has 1 aliphatic heterocycles. The van der Waals surface area contributed by atoms with Gasteiger partial charge in [0, 0.05) is 24.8 Å². The van der Waals surface area contributed by atoms with E-state index >= 15 is 0 Å². The van der Waals surface area contributed by atoms with Crippen LogP contribution in [0.4, 0.5) is 0 Å². The summed E-state index contributed by atoms with van der Waals surface area (Å²) in [5.74, 6) is 1.91. The summed E-state index contributed by atoms with van der Waals surface area (Å²) < 4.78 is 36.2. The van der Waals surface area contributed by atoms with Gasteiger partial charge in [0.25, 0.3) is 10.0 Å². The van der Waals surface area contributed by atoms with Crippen molar-refractivity contribution in [2.45, 2.75) is 24.2 Å². The van der Waals surface area contributed by atoms with Crippen LogP contribution in [0.2, 0.25) is 0 Å². The van der Waals surface area contributed by atoms with Crippen molar-refractivity contribution in [1.29, 1.82) is 0 Å². The normalized spacial score (nSPS) is 16.6. The van der Waals surface area contributed by atoms with Gasteiger partial charge in [-0.15, -0.1) is 4.83 Å². The molecule has 1 aliphatic rings. The highest BCUT2D eigenvalue weighted by Crippen LogP contribution is 2.23. The summed E-state index contributed by atoms with van der Waals surface area (Å²) in [5.41, 5.74) is 2.00. The minimum absolute atomic E-state index is 0.231. The van der Waals surface area contributed by atoms with Crippen LogP contribution in [0.15, 0.2) is 77.8 Å². The Morgan fingerprint density at radius 3 is 2.48 bits per heavy atom. The van der Waals surface area contributed by atoms with Crippen LogP contribution in [-0.4, -0.2) is 45.2 Å². The van der Waals surface area contributed by atoms with Gasteiger partial charge in [-0.3, -0.25) is 4.98 Å². The zero-order valence-corrected chi connectivity index (χ0v) is 19.5. The van der Waals surface area contributed by atoms with E-state index in [0.29, 0.717) is 31.4 Å². The Hall–Kier alpha value is -2.94. The number of methoxy groups -OCH3 is 1. The van der Waals surface area contributed by atoms with Gasteiger partial charge in [0.1, 0.15) is 11.5 Å². The van der Waals surface area contributed by atoms with Gasteiger partial charge in [-0.05, 0) is 85.8 Å². The Bertz CT molecular complexity index is 1120. The standard InChI is InChI=1S/C25H29N3O4S/c1-31-22-11-13-24(14-12-22)33(29,30)27-28-17-15-20(19-28)5-4-18-32-23-9-7-21(8-10-23)25-6-2-3-16-26-25/h2-3,6-14,16,20,27H,4-5,15,17-19H2,1H3/t20-/m1/s1. The number of pyridine rings is 1. The van der Waals surface area contributed by atoms with E-state index in [1.165, 1.54) is 0 Å². The molecule has 2 aromatic carbocycles. The van der Waals surface area contributed by atoms with E-state index in [4.69, 9.17) is 9.47 Å². The fourth-order valence-corrected chi connectivity index (χ4v) is 5.05. The van der Waals surface area contributed by atoms with E-state index in [-0.39, 0.29) is 4.90 Å². The lowest BCUT2D eigenvalue weighted by molar-refractivity contribution is 0.269. The van der Waals surface area contributed by atoms with E-state index in [0.717, 1.165) is 36.3 Å². The second-order valence-electron chi connectivity index (χ2n) is 8.10. The Morgan fingerprint density at radius 2 is 1.79 bits per heavy atom. The number of aromatic nitrogens is 1. The largest absolute Gasteiger partial charge is 0.497 e. The first-order chi connectivity index (χ1) is 16.0. The molecule has 1 saturated heterocycles. The minimum Gasteiger partial charge on any atom is -0.497 e. The molecule has 0 spiro atoms. The first-order valence-electron chi connectivity index (χ1n) is 11.1. The molecule has 0 radical (unpaired) electrons. The van der Waals surface area contributed by atoms with E-state index in [2.05, 4.69) is 9.82 Å². The molecule has 1 aromatic heterocycles. The summed E-state index contributed by atoms with van der Waals surface area (Å²) in [6.07, 6.45) is 4.66. The summed E-state index contributed by atoms with van der Waals surface area (Å²) in [6.45, 7) is 2.04. The fraction of sp³-hybridized carbons (Fsp3) is 0.320. The third kappa shape index (κ3) is 6.31. The summed E-state index contributed by atoms with van der Waals surface area (Å²) in [4.78, 5) is 7.29. The highest BCUT2D eigenvalue weighted by molar-refractivity contribution is 7.89. The molecule has 1 N–H and O–H groups in total. The number of hydrazine groups is 1. The summed E-state index contributed by atoms with van der Waals surface area (Å²) in [7, 11) is -2.03. The Labute approximate surface area is 195 Å². The first-order valence-corrected chi connectivity index (χ1v) is 12.6. The second kappa shape index (κ2) is 10.8. The number of nitrogens with one attached hydrogen (secondary N) is 1. The highest BCUT2D eigenvalue weighted by Gasteiger charge is 2.26. The summed E-state index contributed by atoms with van der Waals surface area (Å²) >= 11 is 0. The Kier molecular flexibility index (Phi) is 7.59. The number of sulfonamides is 1.